The van der Waals surface area contributed by atoms with E-state index >= 15 is 0 Å². The van der Waals surface area contributed by atoms with Crippen molar-refractivity contribution >= 4 is 11.7 Å². The molecule has 1 aromatic rings. The van der Waals surface area contributed by atoms with Gasteiger partial charge in [0.25, 0.3) is 5.56 Å². The molecule has 0 aliphatic carbocycles. The van der Waals surface area contributed by atoms with E-state index in [1.807, 2.05) is 13.0 Å². The molecule has 0 aliphatic rings. The number of carbonyl (C=O) groups is 1. The van der Waals surface area contributed by atoms with Gasteiger partial charge in [-0.25, -0.2) is 4.68 Å². The fraction of sp³-hybridized carbons (Fsp3) is 0.500. The molecule has 0 bridgehead atoms. The molecule has 0 fully saturated rings. The zero-order valence-electron chi connectivity index (χ0n) is 13.6. The van der Waals surface area contributed by atoms with Gasteiger partial charge in [-0.1, -0.05) is 6.92 Å². The van der Waals surface area contributed by atoms with E-state index in [9.17, 15) is 9.59 Å². The molecule has 6 heteroatoms. The highest BCUT2D eigenvalue weighted by Gasteiger charge is 2.21. The summed E-state index contributed by atoms with van der Waals surface area (Å²) in [6.45, 7) is 9.02. The highest BCUT2D eigenvalue weighted by Crippen LogP contribution is 2.11. The average Bonchev–Trinajstić information content (AvgIpc) is 2.44. The minimum Gasteiger partial charge on any atom is -0.465 e. The Bertz CT molecular complexity index is 696. The highest BCUT2D eigenvalue weighted by atomic mass is 16.5. The summed E-state index contributed by atoms with van der Waals surface area (Å²) >= 11 is 0. The quantitative estimate of drug-likeness (QED) is 0.616. The zero-order valence-corrected chi connectivity index (χ0v) is 13.6. The fourth-order valence-corrected chi connectivity index (χ4v) is 2.24. The van der Waals surface area contributed by atoms with Crippen LogP contribution in [0.2, 0.25) is 0 Å². The number of aryl methyl sites for hydroxylation is 2. The van der Waals surface area contributed by atoms with Crippen LogP contribution in [0.15, 0.2) is 16.0 Å². The van der Waals surface area contributed by atoms with Gasteiger partial charge in [-0.15, -0.1) is 0 Å². The van der Waals surface area contributed by atoms with E-state index in [2.05, 4.69) is 5.10 Å². The van der Waals surface area contributed by atoms with Gasteiger partial charge in [0.05, 0.1) is 18.2 Å². The lowest BCUT2D eigenvalue weighted by Gasteiger charge is -2.14. The number of hydrogen-bond acceptors (Lipinski definition) is 5. The summed E-state index contributed by atoms with van der Waals surface area (Å²) in [5.74, 6) is -0.859. The summed E-state index contributed by atoms with van der Waals surface area (Å²) in [7, 11) is 0. The number of nitrogens with zero attached hydrogens (tertiary/aromatic N) is 3. The third kappa shape index (κ3) is 3.61. The van der Waals surface area contributed by atoms with E-state index < -0.39 is 11.5 Å². The zero-order chi connectivity index (χ0) is 16.9. The number of ether oxygens (including phenoxy) is 1. The average molecular weight is 303 g/mol. The van der Waals surface area contributed by atoms with Crippen LogP contribution < -0.4 is 5.56 Å². The van der Waals surface area contributed by atoms with E-state index in [0.29, 0.717) is 30.0 Å². The van der Waals surface area contributed by atoms with Crippen LogP contribution in [0.1, 0.15) is 44.0 Å². The van der Waals surface area contributed by atoms with E-state index in [-0.39, 0.29) is 11.5 Å². The van der Waals surface area contributed by atoms with Crippen molar-refractivity contribution in [3.05, 3.63) is 33.2 Å². The van der Waals surface area contributed by atoms with Crippen molar-refractivity contribution in [2.75, 3.05) is 6.61 Å². The van der Waals surface area contributed by atoms with Crippen LogP contribution in [-0.2, 0) is 9.53 Å². The van der Waals surface area contributed by atoms with Crippen molar-refractivity contribution in [1.82, 2.24) is 4.68 Å². The second-order valence-corrected chi connectivity index (χ2v) is 5.03. The number of aromatic nitrogens is 1. The summed E-state index contributed by atoms with van der Waals surface area (Å²) in [5.41, 5.74) is 1.30. The minimum absolute atomic E-state index is 0.0614. The molecule has 1 rings (SSSR count). The van der Waals surface area contributed by atoms with Gasteiger partial charge in [-0.2, -0.15) is 10.4 Å². The summed E-state index contributed by atoms with van der Waals surface area (Å²) in [6, 6.07) is 3.62. The Labute approximate surface area is 130 Å². The second kappa shape index (κ2) is 7.55. The molecule has 0 N–H and O–H groups in total. The van der Waals surface area contributed by atoms with E-state index in [1.165, 1.54) is 4.68 Å². The molecule has 0 saturated heterocycles. The SMILES string of the molecule is CCOC(=O)C(CC)C(C)=Nn1c(C)cc(C)c(C#N)c1=O. The number of esters is 1. The van der Waals surface area contributed by atoms with Gasteiger partial charge in [0, 0.05) is 5.69 Å². The molecule has 0 aromatic carbocycles. The lowest BCUT2D eigenvalue weighted by atomic mass is 10.0. The summed E-state index contributed by atoms with van der Waals surface area (Å²) in [6.07, 6.45) is 0.527. The van der Waals surface area contributed by atoms with Crippen LogP contribution >= 0.6 is 0 Å². The van der Waals surface area contributed by atoms with E-state index in [0.717, 1.165) is 0 Å². The van der Waals surface area contributed by atoms with Crippen LogP contribution in [0.25, 0.3) is 0 Å². The van der Waals surface area contributed by atoms with Crippen molar-refractivity contribution in [1.29, 1.82) is 5.26 Å². The largest absolute Gasteiger partial charge is 0.465 e. The Morgan fingerprint density at radius 1 is 1.45 bits per heavy atom. The summed E-state index contributed by atoms with van der Waals surface area (Å²) < 4.78 is 6.19. The summed E-state index contributed by atoms with van der Waals surface area (Å²) in [4.78, 5) is 24.2. The lowest BCUT2D eigenvalue weighted by Crippen LogP contribution is -2.28. The van der Waals surface area contributed by atoms with Crippen molar-refractivity contribution < 1.29 is 9.53 Å². The molecule has 0 saturated carbocycles. The van der Waals surface area contributed by atoms with Crippen LogP contribution in [0.4, 0.5) is 0 Å². The highest BCUT2D eigenvalue weighted by molar-refractivity contribution is 6.00. The Morgan fingerprint density at radius 3 is 2.59 bits per heavy atom. The predicted molar refractivity (Wildman–Crippen MR) is 83.8 cm³/mol. The molecule has 118 valence electrons. The molecule has 1 aromatic heterocycles. The van der Waals surface area contributed by atoms with Crippen LogP contribution in [0.5, 0.6) is 0 Å². The van der Waals surface area contributed by atoms with E-state index in [4.69, 9.17) is 10.00 Å². The Balaban J connectivity index is 3.35. The standard InChI is InChI=1S/C16H21N3O3/c1-6-13(16(21)22-7-2)12(5)18-19-11(4)8-10(3)14(9-17)15(19)20/h8,13H,6-7H2,1-5H3. The lowest BCUT2D eigenvalue weighted by molar-refractivity contribution is -0.145. The van der Waals surface area contributed by atoms with E-state index in [1.54, 1.807) is 33.8 Å². The van der Waals surface area contributed by atoms with Gasteiger partial charge in [-0.3, -0.25) is 9.59 Å². The molecule has 0 spiro atoms. The summed E-state index contributed by atoms with van der Waals surface area (Å²) in [5, 5.41) is 13.3. The van der Waals surface area contributed by atoms with Gasteiger partial charge in [0.15, 0.2) is 0 Å². The Kier molecular flexibility index (Phi) is 6.05. The number of rotatable bonds is 5. The normalized spacial score (nSPS) is 12.6. The fourth-order valence-electron chi connectivity index (χ4n) is 2.24. The molecule has 22 heavy (non-hydrogen) atoms. The molecule has 1 atom stereocenters. The van der Waals surface area contributed by atoms with Gasteiger partial charge in [-0.05, 0) is 45.7 Å². The first-order valence-electron chi connectivity index (χ1n) is 7.22. The molecule has 0 aliphatic heterocycles. The monoisotopic (exact) mass is 303 g/mol. The molecule has 1 unspecified atom stereocenters. The van der Waals surface area contributed by atoms with Gasteiger partial charge in [0.2, 0.25) is 0 Å². The second-order valence-electron chi connectivity index (χ2n) is 5.03. The predicted octanol–water partition coefficient (Wildman–Crippen LogP) is 2.15. The molecule has 0 amide bonds. The number of hydrogen-bond donors (Lipinski definition) is 0. The smallest absolute Gasteiger partial charge is 0.314 e. The minimum atomic E-state index is -0.502. The topological polar surface area (TPSA) is 84.4 Å². The van der Waals surface area contributed by atoms with Crippen LogP contribution in [0.3, 0.4) is 0 Å². The van der Waals surface area contributed by atoms with Crippen molar-refractivity contribution in [3.63, 3.8) is 0 Å². The van der Waals surface area contributed by atoms with Crippen LogP contribution in [0, 0.1) is 31.1 Å². The first-order chi connectivity index (χ1) is 10.4. The molecular formula is C16H21N3O3. The maximum atomic E-state index is 12.3. The Hall–Kier alpha value is -2.42. The maximum absolute atomic E-state index is 12.3. The van der Waals surface area contributed by atoms with Crippen molar-refractivity contribution in [3.8, 4) is 6.07 Å². The molecule has 0 radical (unpaired) electrons. The molecule has 1 heterocycles. The molecular weight excluding hydrogens is 282 g/mol. The van der Waals surface area contributed by atoms with Crippen LogP contribution in [-0.4, -0.2) is 23.0 Å². The van der Waals surface area contributed by atoms with Gasteiger partial charge < -0.3 is 4.74 Å². The third-order valence-electron chi connectivity index (χ3n) is 3.41. The van der Waals surface area contributed by atoms with Crippen molar-refractivity contribution in [2.45, 2.75) is 41.0 Å². The van der Waals surface area contributed by atoms with Gasteiger partial charge in [0.1, 0.15) is 11.6 Å². The number of nitriles is 1. The maximum Gasteiger partial charge on any atom is 0.314 e. The third-order valence-corrected chi connectivity index (χ3v) is 3.41. The van der Waals surface area contributed by atoms with Crippen molar-refractivity contribution in [2.24, 2.45) is 11.0 Å². The first kappa shape index (κ1) is 17.6. The number of carbonyl (C=O) groups excluding carboxylic acids is 1. The van der Waals surface area contributed by atoms with Gasteiger partial charge >= 0.3 is 5.97 Å². The number of pyridine rings is 1. The molecule has 6 nitrogen and oxygen atoms in total. The first-order valence-corrected chi connectivity index (χ1v) is 7.22. The Morgan fingerprint density at radius 2 is 2.09 bits per heavy atom.